The van der Waals surface area contributed by atoms with Gasteiger partial charge in [-0.3, -0.25) is 0 Å². The number of hydrogen-bond donors (Lipinski definition) is 1. The molecule has 23 heavy (non-hydrogen) atoms. The molecule has 7 heteroatoms. The van der Waals surface area contributed by atoms with Crippen molar-refractivity contribution < 1.29 is 18.3 Å². The van der Waals surface area contributed by atoms with Crippen molar-refractivity contribution in [3.05, 3.63) is 41.6 Å². The van der Waals surface area contributed by atoms with Crippen LogP contribution in [0.25, 0.3) is 22.3 Å². The maximum atomic E-state index is 13.5. The van der Waals surface area contributed by atoms with Gasteiger partial charge in [0.05, 0.1) is 22.3 Å². The molecule has 0 radical (unpaired) electrons. The maximum absolute atomic E-state index is 13.5. The van der Waals surface area contributed by atoms with E-state index in [1.807, 2.05) is 0 Å². The smallest absolute Gasteiger partial charge is 0.417 e. The van der Waals surface area contributed by atoms with E-state index in [-0.39, 0.29) is 22.5 Å². The molecule has 1 N–H and O–H groups in total. The Bertz CT molecular complexity index is 867. The molecule has 3 rings (SSSR count). The van der Waals surface area contributed by atoms with E-state index in [0.717, 1.165) is 6.07 Å². The Kier molecular flexibility index (Phi) is 3.50. The van der Waals surface area contributed by atoms with Crippen LogP contribution in [-0.2, 0) is 12.7 Å². The van der Waals surface area contributed by atoms with E-state index in [1.165, 1.54) is 28.9 Å². The summed E-state index contributed by atoms with van der Waals surface area (Å²) in [5.74, 6) is 0.0420. The highest BCUT2D eigenvalue weighted by Gasteiger charge is 2.35. The topological polar surface area (TPSA) is 50.9 Å². The molecule has 2 heterocycles. The molecule has 120 valence electrons. The Balaban J connectivity index is 2.34. The largest absolute Gasteiger partial charge is 0.508 e. The second-order valence-electron chi connectivity index (χ2n) is 5.20. The molecule has 0 bridgehead atoms. The van der Waals surface area contributed by atoms with Crippen molar-refractivity contribution in [2.24, 2.45) is 0 Å². The standard InChI is InChI=1S/C16H14F3N3O/c1-3-22-15-14(9(2)21-22)12(16(17,18)19)8-13(20-15)10-4-6-11(23)7-5-10/h4-8,23H,3H2,1-2H3. The van der Waals surface area contributed by atoms with Crippen LogP contribution >= 0.6 is 0 Å². The van der Waals surface area contributed by atoms with Gasteiger partial charge >= 0.3 is 6.18 Å². The number of phenols is 1. The lowest BCUT2D eigenvalue weighted by molar-refractivity contribution is -0.136. The van der Waals surface area contributed by atoms with Gasteiger partial charge in [0.2, 0.25) is 0 Å². The predicted octanol–water partition coefficient (Wildman–Crippen LogP) is 4.15. The average molecular weight is 321 g/mol. The third-order valence-corrected chi connectivity index (χ3v) is 3.65. The number of hydrogen-bond acceptors (Lipinski definition) is 3. The second-order valence-corrected chi connectivity index (χ2v) is 5.20. The molecule has 2 aromatic heterocycles. The normalized spacial score (nSPS) is 12.0. The van der Waals surface area contributed by atoms with Crippen LogP contribution in [0.3, 0.4) is 0 Å². The number of nitrogens with zero attached hydrogens (tertiary/aromatic N) is 3. The number of aromatic hydroxyl groups is 1. The number of aryl methyl sites for hydroxylation is 2. The van der Waals surface area contributed by atoms with Crippen LogP contribution in [0.2, 0.25) is 0 Å². The molecule has 0 amide bonds. The van der Waals surface area contributed by atoms with E-state index in [0.29, 0.717) is 17.8 Å². The van der Waals surface area contributed by atoms with Crippen molar-refractivity contribution >= 4 is 11.0 Å². The first-order chi connectivity index (χ1) is 10.8. The van der Waals surface area contributed by atoms with E-state index in [9.17, 15) is 18.3 Å². The molecular weight excluding hydrogens is 307 g/mol. The molecular formula is C16H14F3N3O. The highest BCUT2D eigenvalue weighted by atomic mass is 19.4. The van der Waals surface area contributed by atoms with Crippen molar-refractivity contribution in [3.8, 4) is 17.0 Å². The van der Waals surface area contributed by atoms with E-state index in [4.69, 9.17) is 0 Å². The number of phenolic OH excluding ortho intramolecular Hbond substituents is 1. The Morgan fingerprint density at radius 3 is 2.39 bits per heavy atom. The summed E-state index contributed by atoms with van der Waals surface area (Å²) in [5, 5.41) is 13.5. The quantitative estimate of drug-likeness (QED) is 0.771. The Labute approximate surface area is 130 Å². The molecule has 0 aliphatic rings. The fraction of sp³-hybridized carbons (Fsp3) is 0.250. The summed E-state index contributed by atoms with van der Waals surface area (Å²) >= 11 is 0. The van der Waals surface area contributed by atoms with Gasteiger partial charge in [-0.25, -0.2) is 9.67 Å². The SMILES string of the molecule is CCn1nc(C)c2c(C(F)(F)F)cc(-c3ccc(O)cc3)nc21. The fourth-order valence-electron chi connectivity index (χ4n) is 2.58. The predicted molar refractivity (Wildman–Crippen MR) is 80.0 cm³/mol. The van der Waals surface area contributed by atoms with Gasteiger partial charge < -0.3 is 5.11 Å². The third-order valence-electron chi connectivity index (χ3n) is 3.65. The lowest BCUT2D eigenvalue weighted by Gasteiger charge is -2.11. The van der Waals surface area contributed by atoms with Crippen LogP contribution in [0.4, 0.5) is 13.2 Å². The Morgan fingerprint density at radius 1 is 1.17 bits per heavy atom. The monoisotopic (exact) mass is 321 g/mol. The minimum atomic E-state index is -4.50. The summed E-state index contributed by atoms with van der Waals surface area (Å²) in [4.78, 5) is 4.36. The number of pyridine rings is 1. The summed E-state index contributed by atoms with van der Waals surface area (Å²) in [6.45, 7) is 3.77. The Morgan fingerprint density at radius 2 is 1.83 bits per heavy atom. The molecule has 0 atom stereocenters. The van der Waals surface area contributed by atoms with Gasteiger partial charge in [0.15, 0.2) is 5.65 Å². The van der Waals surface area contributed by atoms with E-state index in [1.54, 1.807) is 13.8 Å². The van der Waals surface area contributed by atoms with E-state index >= 15 is 0 Å². The van der Waals surface area contributed by atoms with Gasteiger partial charge in [-0.2, -0.15) is 18.3 Å². The summed E-state index contributed by atoms with van der Waals surface area (Å²) in [5.41, 5.74) is 0.459. The van der Waals surface area contributed by atoms with Gasteiger partial charge in [0.1, 0.15) is 5.75 Å². The zero-order valence-electron chi connectivity index (χ0n) is 12.5. The van der Waals surface area contributed by atoms with Crippen molar-refractivity contribution in [2.45, 2.75) is 26.6 Å². The zero-order chi connectivity index (χ0) is 16.8. The molecule has 3 aromatic rings. The molecule has 0 spiro atoms. The molecule has 4 nitrogen and oxygen atoms in total. The summed E-state index contributed by atoms with van der Waals surface area (Å²) in [6, 6.07) is 6.92. The number of rotatable bonds is 2. The maximum Gasteiger partial charge on any atom is 0.417 e. The van der Waals surface area contributed by atoms with E-state index < -0.39 is 11.7 Å². The van der Waals surface area contributed by atoms with Crippen LogP contribution in [0.5, 0.6) is 5.75 Å². The zero-order valence-corrected chi connectivity index (χ0v) is 12.5. The van der Waals surface area contributed by atoms with Crippen molar-refractivity contribution in [3.63, 3.8) is 0 Å². The number of aromatic nitrogens is 3. The van der Waals surface area contributed by atoms with Gasteiger partial charge in [-0.05, 0) is 44.2 Å². The molecule has 1 aromatic carbocycles. The van der Waals surface area contributed by atoms with Gasteiger partial charge in [-0.15, -0.1) is 0 Å². The number of alkyl halides is 3. The molecule has 0 saturated heterocycles. The fourth-order valence-corrected chi connectivity index (χ4v) is 2.58. The minimum absolute atomic E-state index is 0.0295. The molecule has 0 unspecified atom stereocenters. The molecule has 0 saturated carbocycles. The highest BCUT2D eigenvalue weighted by Crippen LogP contribution is 2.38. The highest BCUT2D eigenvalue weighted by molar-refractivity contribution is 5.85. The van der Waals surface area contributed by atoms with Gasteiger partial charge in [-0.1, -0.05) is 0 Å². The molecule has 0 aliphatic heterocycles. The molecule has 0 aliphatic carbocycles. The minimum Gasteiger partial charge on any atom is -0.508 e. The van der Waals surface area contributed by atoms with Crippen LogP contribution in [0.15, 0.2) is 30.3 Å². The summed E-state index contributed by atoms with van der Waals surface area (Å²) in [6.07, 6.45) is -4.50. The summed E-state index contributed by atoms with van der Waals surface area (Å²) < 4.78 is 41.9. The Hall–Kier alpha value is -2.57. The lowest BCUT2D eigenvalue weighted by atomic mass is 10.1. The number of benzene rings is 1. The average Bonchev–Trinajstić information content (AvgIpc) is 2.82. The van der Waals surface area contributed by atoms with E-state index in [2.05, 4.69) is 10.1 Å². The first kappa shape index (κ1) is 15.3. The van der Waals surface area contributed by atoms with Crippen molar-refractivity contribution in [1.82, 2.24) is 14.8 Å². The van der Waals surface area contributed by atoms with Crippen LogP contribution in [0.1, 0.15) is 18.2 Å². The van der Waals surface area contributed by atoms with Crippen LogP contribution in [-0.4, -0.2) is 19.9 Å². The first-order valence-electron chi connectivity index (χ1n) is 7.06. The lowest BCUT2D eigenvalue weighted by Crippen LogP contribution is -2.08. The molecule has 0 fully saturated rings. The third kappa shape index (κ3) is 2.62. The van der Waals surface area contributed by atoms with Crippen molar-refractivity contribution in [2.75, 3.05) is 0 Å². The first-order valence-corrected chi connectivity index (χ1v) is 7.06. The van der Waals surface area contributed by atoms with Gasteiger partial charge in [0, 0.05) is 12.1 Å². The van der Waals surface area contributed by atoms with Crippen LogP contribution < -0.4 is 0 Å². The summed E-state index contributed by atoms with van der Waals surface area (Å²) in [7, 11) is 0. The number of halogens is 3. The van der Waals surface area contributed by atoms with Crippen molar-refractivity contribution in [1.29, 1.82) is 0 Å². The second kappa shape index (κ2) is 5.26. The van der Waals surface area contributed by atoms with Gasteiger partial charge in [0.25, 0.3) is 0 Å². The van der Waals surface area contributed by atoms with Crippen LogP contribution in [0, 0.1) is 6.92 Å². The number of fused-ring (bicyclic) bond motifs is 1.